The highest BCUT2D eigenvalue weighted by molar-refractivity contribution is 5.92. The second-order valence-corrected chi connectivity index (χ2v) is 7.54. The van der Waals surface area contributed by atoms with E-state index in [1.54, 1.807) is 0 Å². The Bertz CT molecular complexity index is 839. The molecule has 0 saturated carbocycles. The van der Waals surface area contributed by atoms with Crippen LogP contribution < -0.4 is 15.0 Å². The Labute approximate surface area is 171 Å². The molecule has 2 aromatic rings. The van der Waals surface area contributed by atoms with Gasteiger partial charge in [-0.05, 0) is 39.3 Å². The maximum atomic E-state index is 12.9. The topological polar surface area (TPSA) is 88.4 Å². The fourth-order valence-electron chi connectivity index (χ4n) is 3.87. The first kappa shape index (κ1) is 19.6. The molecular weight excluding hydrogens is 370 g/mol. The van der Waals surface area contributed by atoms with Crippen LogP contribution in [0.4, 0.5) is 5.95 Å². The quantitative estimate of drug-likeness (QED) is 0.810. The highest BCUT2D eigenvalue weighted by atomic mass is 16.5. The van der Waals surface area contributed by atoms with Crippen molar-refractivity contribution in [1.82, 2.24) is 30.0 Å². The Hall–Kier alpha value is -2.68. The fraction of sp³-hybridized carbons (Fsp3) is 0.600. The zero-order chi connectivity index (χ0) is 20.2. The van der Waals surface area contributed by atoms with Gasteiger partial charge in [0.15, 0.2) is 0 Å². The Morgan fingerprint density at radius 2 is 2.10 bits per heavy atom. The van der Waals surface area contributed by atoms with E-state index in [1.807, 2.05) is 41.8 Å². The summed E-state index contributed by atoms with van der Waals surface area (Å²) in [6.45, 7) is 9.04. The number of aromatic nitrogens is 4. The monoisotopic (exact) mass is 399 g/mol. The molecule has 4 heterocycles. The molecule has 2 aliphatic heterocycles. The SMILES string of the molecule is CCOc1cc(C)nc(N2CCN(C(=O)c3ccn(C4CCCNC4)n3)CC2)n1. The molecule has 2 aromatic heterocycles. The molecule has 2 fully saturated rings. The number of hydrogen-bond donors (Lipinski definition) is 1. The molecular formula is C20H29N7O2. The van der Waals surface area contributed by atoms with Crippen molar-refractivity contribution in [2.75, 3.05) is 50.8 Å². The van der Waals surface area contributed by atoms with E-state index in [2.05, 4.69) is 25.3 Å². The number of ether oxygens (including phenoxy) is 1. The van der Waals surface area contributed by atoms with E-state index in [0.717, 1.165) is 31.6 Å². The van der Waals surface area contributed by atoms with Crippen LogP contribution in [0.15, 0.2) is 18.3 Å². The highest BCUT2D eigenvalue weighted by Crippen LogP contribution is 2.19. The molecule has 1 atom stereocenters. The van der Waals surface area contributed by atoms with Gasteiger partial charge in [0.05, 0.1) is 12.6 Å². The van der Waals surface area contributed by atoms with Crippen LogP contribution in [0.25, 0.3) is 0 Å². The van der Waals surface area contributed by atoms with E-state index in [-0.39, 0.29) is 5.91 Å². The zero-order valence-electron chi connectivity index (χ0n) is 17.2. The van der Waals surface area contributed by atoms with Gasteiger partial charge in [-0.2, -0.15) is 10.1 Å². The van der Waals surface area contributed by atoms with Crippen LogP contribution in [0.1, 0.15) is 42.0 Å². The van der Waals surface area contributed by atoms with Gasteiger partial charge in [0.25, 0.3) is 5.91 Å². The first-order valence-corrected chi connectivity index (χ1v) is 10.4. The van der Waals surface area contributed by atoms with Crippen molar-refractivity contribution >= 4 is 11.9 Å². The molecule has 1 amide bonds. The molecule has 0 aromatic carbocycles. The third-order valence-corrected chi connectivity index (χ3v) is 5.43. The van der Waals surface area contributed by atoms with Crippen LogP contribution in [-0.2, 0) is 0 Å². The normalized spacial score (nSPS) is 20.0. The van der Waals surface area contributed by atoms with E-state index < -0.39 is 0 Å². The molecule has 1 N–H and O–H groups in total. The molecule has 29 heavy (non-hydrogen) atoms. The van der Waals surface area contributed by atoms with Crippen molar-refractivity contribution in [3.05, 3.63) is 29.7 Å². The summed E-state index contributed by atoms with van der Waals surface area (Å²) in [7, 11) is 0. The molecule has 4 rings (SSSR count). The van der Waals surface area contributed by atoms with Gasteiger partial charge in [-0.3, -0.25) is 9.48 Å². The molecule has 9 heteroatoms. The van der Waals surface area contributed by atoms with E-state index in [9.17, 15) is 4.79 Å². The molecule has 2 saturated heterocycles. The summed E-state index contributed by atoms with van der Waals surface area (Å²) >= 11 is 0. The number of piperazine rings is 1. The number of hydrogen-bond acceptors (Lipinski definition) is 7. The van der Waals surface area contributed by atoms with Crippen molar-refractivity contribution < 1.29 is 9.53 Å². The fourth-order valence-corrected chi connectivity index (χ4v) is 3.87. The number of nitrogens with one attached hydrogen (secondary N) is 1. The van der Waals surface area contributed by atoms with E-state index in [1.165, 1.54) is 0 Å². The molecule has 0 spiro atoms. The molecule has 9 nitrogen and oxygen atoms in total. The van der Waals surface area contributed by atoms with Crippen LogP contribution in [0, 0.1) is 6.92 Å². The molecule has 1 unspecified atom stereocenters. The first-order chi connectivity index (χ1) is 14.1. The minimum Gasteiger partial charge on any atom is -0.478 e. The van der Waals surface area contributed by atoms with Crippen molar-refractivity contribution in [1.29, 1.82) is 0 Å². The Kier molecular flexibility index (Phi) is 5.94. The van der Waals surface area contributed by atoms with Crippen LogP contribution in [-0.4, -0.2) is 76.4 Å². The number of amides is 1. The number of carbonyl (C=O) groups is 1. The Morgan fingerprint density at radius 1 is 1.28 bits per heavy atom. The third kappa shape index (κ3) is 4.50. The number of rotatable bonds is 5. The minimum absolute atomic E-state index is 0.00710. The Balaban J connectivity index is 1.37. The summed E-state index contributed by atoms with van der Waals surface area (Å²) in [5, 5.41) is 7.95. The molecule has 2 aliphatic rings. The summed E-state index contributed by atoms with van der Waals surface area (Å²) in [5.41, 5.74) is 1.40. The lowest BCUT2D eigenvalue weighted by molar-refractivity contribution is 0.0738. The van der Waals surface area contributed by atoms with Crippen LogP contribution in [0.2, 0.25) is 0 Å². The van der Waals surface area contributed by atoms with Crippen molar-refractivity contribution in [3.63, 3.8) is 0 Å². The lowest BCUT2D eigenvalue weighted by atomic mass is 10.1. The molecule has 0 aliphatic carbocycles. The van der Waals surface area contributed by atoms with Gasteiger partial charge in [0, 0.05) is 50.7 Å². The summed E-state index contributed by atoms with van der Waals surface area (Å²) in [5.74, 6) is 1.25. The molecule has 156 valence electrons. The maximum Gasteiger partial charge on any atom is 0.274 e. The van der Waals surface area contributed by atoms with Crippen molar-refractivity contribution in [2.45, 2.75) is 32.7 Å². The van der Waals surface area contributed by atoms with Crippen molar-refractivity contribution in [2.24, 2.45) is 0 Å². The Morgan fingerprint density at radius 3 is 2.83 bits per heavy atom. The standard InChI is InChI=1S/C20H29N7O2/c1-3-29-18-13-15(2)22-20(23-18)26-11-9-25(10-12-26)19(28)17-6-8-27(24-17)16-5-4-7-21-14-16/h6,8,13,16,21H,3-5,7,9-12,14H2,1-2H3. The van der Waals surface area contributed by atoms with E-state index in [0.29, 0.717) is 56.4 Å². The van der Waals surface area contributed by atoms with Gasteiger partial charge in [-0.1, -0.05) is 0 Å². The summed E-state index contributed by atoms with van der Waals surface area (Å²) in [6.07, 6.45) is 4.17. The number of carbonyl (C=O) groups excluding carboxylic acids is 1. The van der Waals surface area contributed by atoms with Crippen LogP contribution in [0.3, 0.4) is 0 Å². The molecule has 0 radical (unpaired) electrons. The minimum atomic E-state index is -0.00710. The number of nitrogens with zero attached hydrogens (tertiary/aromatic N) is 6. The average molecular weight is 399 g/mol. The van der Waals surface area contributed by atoms with Gasteiger partial charge in [0.1, 0.15) is 5.69 Å². The van der Waals surface area contributed by atoms with Gasteiger partial charge >= 0.3 is 0 Å². The third-order valence-electron chi connectivity index (χ3n) is 5.43. The number of anilines is 1. The maximum absolute atomic E-state index is 12.9. The first-order valence-electron chi connectivity index (χ1n) is 10.4. The van der Waals surface area contributed by atoms with Gasteiger partial charge in [0.2, 0.25) is 11.8 Å². The summed E-state index contributed by atoms with van der Waals surface area (Å²) in [6, 6.07) is 4.01. The lowest BCUT2D eigenvalue weighted by Crippen LogP contribution is -2.49. The van der Waals surface area contributed by atoms with Gasteiger partial charge in [-0.25, -0.2) is 4.98 Å². The lowest BCUT2D eigenvalue weighted by Gasteiger charge is -2.34. The number of aryl methyl sites for hydroxylation is 1. The van der Waals surface area contributed by atoms with E-state index in [4.69, 9.17) is 4.74 Å². The largest absolute Gasteiger partial charge is 0.478 e. The highest BCUT2D eigenvalue weighted by Gasteiger charge is 2.26. The van der Waals surface area contributed by atoms with E-state index >= 15 is 0 Å². The van der Waals surface area contributed by atoms with Gasteiger partial charge in [-0.15, -0.1) is 0 Å². The smallest absolute Gasteiger partial charge is 0.274 e. The predicted molar refractivity (Wildman–Crippen MR) is 109 cm³/mol. The summed E-state index contributed by atoms with van der Waals surface area (Å²) in [4.78, 5) is 25.9. The average Bonchev–Trinajstić information content (AvgIpc) is 3.24. The predicted octanol–water partition coefficient (Wildman–Crippen LogP) is 1.27. The number of piperidine rings is 1. The van der Waals surface area contributed by atoms with Crippen LogP contribution >= 0.6 is 0 Å². The summed E-state index contributed by atoms with van der Waals surface area (Å²) < 4.78 is 7.47. The second kappa shape index (κ2) is 8.77. The van der Waals surface area contributed by atoms with Crippen molar-refractivity contribution in [3.8, 4) is 5.88 Å². The zero-order valence-corrected chi connectivity index (χ0v) is 17.2. The molecule has 0 bridgehead atoms. The van der Waals surface area contributed by atoms with Crippen LogP contribution in [0.5, 0.6) is 5.88 Å². The van der Waals surface area contributed by atoms with Gasteiger partial charge < -0.3 is 19.9 Å². The second-order valence-electron chi connectivity index (χ2n) is 7.54.